The number of anilines is 2. The standard InChI is InChI=1S/C18H20ClN3O3/c1-3-20-18(24)12-5-4-6-13(9-12)21-11-17(23)22-14-7-8-16(25-2)15(19)10-14/h4-10,21H,3,11H2,1-2H3,(H,20,24)(H,22,23). The minimum absolute atomic E-state index is 0.0580. The Morgan fingerprint density at radius 1 is 1.12 bits per heavy atom. The second kappa shape index (κ2) is 8.94. The first-order chi connectivity index (χ1) is 12.0. The molecule has 0 saturated carbocycles. The fourth-order valence-electron chi connectivity index (χ4n) is 2.16. The second-order valence-electron chi connectivity index (χ2n) is 5.19. The minimum atomic E-state index is -0.232. The lowest BCUT2D eigenvalue weighted by molar-refractivity contribution is -0.114. The maximum atomic E-state index is 12.0. The zero-order valence-corrected chi connectivity index (χ0v) is 14.8. The van der Waals surface area contributed by atoms with Crippen molar-refractivity contribution in [1.82, 2.24) is 5.32 Å². The van der Waals surface area contributed by atoms with Gasteiger partial charge in [0.2, 0.25) is 5.91 Å². The zero-order valence-electron chi connectivity index (χ0n) is 14.1. The highest BCUT2D eigenvalue weighted by Gasteiger charge is 2.07. The van der Waals surface area contributed by atoms with Gasteiger partial charge in [0.25, 0.3) is 5.91 Å². The molecule has 25 heavy (non-hydrogen) atoms. The van der Waals surface area contributed by atoms with Crippen molar-refractivity contribution in [3.63, 3.8) is 0 Å². The molecule has 0 aromatic heterocycles. The molecule has 132 valence electrons. The van der Waals surface area contributed by atoms with E-state index < -0.39 is 0 Å². The zero-order chi connectivity index (χ0) is 18.2. The van der Waals surface area contributed by atoms with Gasteiger partial charge in [-0.1, -0.05) is 17.7 Å². The van der Waals surface area contributed by atoms with Crippen LogP contribution in [0.15, 0.2) is 42.5 Å². The van der Waals surface area contributed by atoms with Crippen LogP contribution in [0, 0.1) is 0 Å². The van der Waals surface area contributed by atoms with Gasteiger partial charge >= 0.3 is 0 Å². The van der Waals surface area contributed by atoms with Crippen molar-refractivity contribution in [2.45, 2.75) is 6.92 Å². The molecule has 2 aromatic carbocycles. The number of carbonyl (C=O) groups excluding carboxylic acids is 2. The van der Waals surface area contributed by atoms with E-state index in [0.717, 1.165) is 0 Å². The molecule has 2 amide bonds. The van der Waals surface area contributed by atoms with Crippen molar-refractivity contribution in [2.75, 3.05) is 30.8 Å². The van der Waals surface area contributed by atoms with E-state index in [9.17, 15) is 9.59 Å². The molecule has 0 aliphatic rings. The van der Waals surface area contributed by atoms with Gasteiger partial charge in [0, 0.05) is 23.5 Å². The smallest absolute Gasteiger partial charge is 0.251 e. The van der Waals surface area contributed by atoms with E-state index in [1.165, 1.54) is 7.11 Å². The molecule has 0 aliphatic carbocycles. The average Bonchev–Trinajstić information content (AvgIpc) is 2.60. The largest absolute Gasteiger partial charge is 0.495 e. The molecule has 2 rings (SSSR count). The molecule has 3 N–H and O–H groups in total. The summed E-state index contributed by atoms with van der Waals surface area (Å²) in [7, 11) is 1.53. The summed E-state index contributed by atoms with van der Waals surface area (Å²) in [5.41, 5.74) is 1.80. The third-order valence-electron chi connectivity index (χ3n) is 3.35. The first-order valence-electron chi connectivity index (χ1n) is 7.79. The Bertz CT molecular complexity index is 765. The maximum absolute atomic E-state index is 12.0. The van der Waals surface area contributed by atoms with Crippen molar-refractivity contribution in [1.29, 1.82) is 0 Å². The van der Waals surface area contributed by atoms with E-state index in [0.29, 0.717) is 34.3 Å². The number of ether oxygens (including phenoxy) is 1. The highest BCUT2D eigenvalue weighted by molar-refractivity contribution is 6.32. The molecule has 7 heteroatoms. The highest BCUT2D eigenvalue weighted by atomic mass is 35.5. The number of nitrogens with one attached hydrogen (secondary N) is 3. The van der Waals surface area contributed by atoms with E-state index in [1.807, 2.05) is 6.92 Å². The van der Waals surface area contributed by atoms with Crippen molar-refractivity contribution in [2.24, 2.45) is 0 Å². The molecule has 0 bridgehead atoms. The Morgan fingerprint density at radius 3 is 2.60 bits per heavy atom. The quantitative estimate of drug-likeness (QED) is 0.707. The van der Waals surface area contributed by atoms with Crippen LogP contribution in [0.4, 0.5) is 11.4 Å². The normalized spacial score (nSPS) is 10.0. The summed E-state index contributed by atoms with van der Waals surface area (Å²) in [6.45, 7) is 2.47. The summed E-state index contributed by atoms with van der Waals surface area (Å²) < 4.78 is 5.07. The third-order valence-corrected chi connectivity index (χ3v) is 3.65. The van der Waals surface area contributed by atoms with Gasteiger partial charge in [0.1, 0.15) is 5.75 Å². The molecule has 0 heterocycles. The Labute approximate surface area is 151 Å². The van der Waals surface area contributed by atoms with E-state index in [1.54, 1.807) is 42.5 Å². The number of hydrogen-bond acceptors (Lipinski definition) is 4. The molecular formula is C18H20ClN3O3. The van der Waals surface area contributed by atoms with Crippen molar-refractivity contribution >= 4 is 34.8 Å². The summed E-state index contributed by atoms with van der Waals surface area (Å²) >= 11 is 6.03. The van der Waals surface area contributed by atoms with Crippen LogP contribution in [-0.4, -0.2) is 32.0 Å². The van der Waals surface area contributed by atoms with Crippen LogP contribution in [0.25, 0.3) is 0 Å². The molecule has 0 spiro atoms. The Morgan fingerprint density at radius 2 is 1.92 bits per heavy atom. The molecular weight excluding hydrogens is 342 g/mol. The van der Waals surface area contributed by atoms with Gasteiger partial charge in [0.05, 0.1) is 18.7 Å². The van der Waals surface area contributed by atoms with Crippen LogP contribution in [0.2, 0.25) is 5.02 Å². The summed E-state index contributed by atoms with van der Waals surface area (Å²) in [6, 6.07) is 12.0. The predicted molar refractivity (Wildman–Crippen MR) is 99.6 cm³/mol. The van der Waals surface area contributed by atoms with Gasteiger partial charge in [-0.3, -0.25) is 9.59 Å². The number of hydrogen-bond donors (Lipinski definition) is 3. The summed E-state index contributed by atoms with van der Waals surface area (Å²) in [6.07, 6.45) is 0. The summed E-state index contributed by atoms with van der Waals surface area (Å²) in [5.74, 6) is 0.160. The van der Waals surface area contributed by atoms with Crippen LogP contribution >= 0.6 is 11.6 Å². The molecule has 0 atom stereocenters. The lowest BCUT2D eigenvalue weighted by Crippen LogP contribution is -2.23. The molecule has 6 nitrogen and oxygen atoms in total. The first kappa shape index (κ1) is 18.6. The summed E-state index contributed by atoms with van der Waals surface area (Å²) in [5, 5.41) is 8.88. The molecule has 0 saturated heterocycles. The highest BCUT2D eigenvalue weighted by Crippen LogP contribution is 2.27. The Balaban J connectivity index is 1.92. The van der Waals surface area contributed by atoms with Crippen LogP contribution in [-0.2, 0) is 4.79 Å². The minimum Gasteiger partial charge on any atom is -0.495 e. The number of amides is 2. The number of carbonyl (C=O) groups is 2. The topological polar surface area (TPSA) is 79.5 Å². The van der Waals surface area contributed by atoms with E-state index >= 15 is 0 Å². The SMILES string of the molecule is CCNC(=O)c1cccc(NCC(=O)Nc2ccc(OC)c(Cl)c2)c1. The number of rotatable bonds is 7. The van der Waals surface area contributed by atoms with Crippen LogP contribution in [0.3, 0.4) is 0 Å². The van der Waals surface area contributed by atoms with Crippen molar-refractivity contribution in [3.05, 3.63) is 53.1 Å². The van der Waals surface area contributed by atoms with Crippen molar-refractivity contribution in [3.8, 4) is 5.75 Å². The number of halogens is 1. The lowest BCUT2D eigenvalue weighted by atomic mass is 10.2. The van der Waals surface area contributed by atoms with Gasteiger partial charge < -0.3 is 20.7 Å². The van der Waals surface area contributed by atoms with Gasteiger partial charge in [-0.2, -0.15) is 0 Å². The van der Waals surface area contributed by atoms with Crippen molar-refractivity contribution < 1.29 is 14.3 Å². The van der Waals surface area contributed by atoms with Crippen LogP contribution < -0.4 is 20.7 Å². The van der Waals surface area contributed by atoms with Gasteiger partial charge in [-0.25, -0.2) is 0 Å². The van der Waals surface area contributed by atoms with E-state index in [-0.39, 0.29) is 18.4 Å². The average molecular weight is 362 g/mol. The third kappa shape index (κ3) is 5.39. The lowest BCUT2D eigenvalue weighted by Gasteiger charge is -2.10. The van der Waals surface area contributed by atoms with E-state index in [4.69, 9.17) is 16.3 Å². The van der Waals surface area contributed by atoms with E-state index in [2.05, 4.69) is 16.0 Å². The van der Waals surface area contributed by atoms with Gasteiger partial charge in [0.15, 0.2) is 0 Å². The fourth-order valence-corrected chi connectivity index (χ4v) is 2.42. The number of benzene rings is 2. The second-order valence-corrected chi connectivity index (χ2v) is 5.60. The van der Waals surface area contributed by atoms with Gasteiger partial charge in [-0.15, -0.1) is 0 Å². The monoisotopic (exact) mass is 361 g/mol. The molecule has 0 aliphatic heterocycles. The van der Waals surface area contributed by atoms with Crippen LogP contribution in [0.5, 0.6) is 5.75 Å². The molecule has 0 radical (unpaired) electrons. The maximum Gasteiger partial charge on any atom is 0.251 e. The fraction of sp³-hybridized carbons (Fsp3) is 0.222. The summed E-state index contributed by atoms with van der Waals surface area (Å²) in [4.78, 5) is 23.9. The molecule has 2 aromatic rings. The first-order valence-corrected chi connectivity index (χ1v) is 8.16. The predicted octanol–water partition coefficient (Wildman–Crippen LogP) is 3.15. The molecule has 0 fully saturated rings. The number of methoxy groups -OCH3 is 1. The Hall–Kier alpha value is -2.73. The molecule has 0 unspecified atom stereocenters. The van der Waals surface area contributed by atoms with Gasteiger partial charge in [-0.05, 0) is 43.3 Å². The van der Waals surface area contributed by atoms with Crippen LogP contribution in [0.1, 0.15) is 17.3 Å². The Kier molecular flexibility index (Phi) is 6.65.